The molecule has 1 aliphatic rings. The lowest BCUT2D eigenvalue weighted by molar-refractivity contribution is -0.139. The zero-order valence-electron chi connectivity index (χ0n) is 11.3. The molecule has 1 atom stereocenters. The second-order valence-electron chi connectivity index (χ2n) is 4.96. The predicted octanol–water partition coefficient (Wildman–Crippen LogP) is 3.47. The predicted molar refractivity (Wildman–Crippen MR) is 82.5 cm³/mol. The van der Waals surface area contributed by atoms with Crippen molar-refractivity contribution in [1.82, 2.24) is 4.90 Å². The number of carboxylic acids is 1. The molecule has 1 aromatic carbocycles. The molecule has 1 aromatic rings. The minimum atomic E-state index is -0.884. The molecule has 1 aliphatic heterocycles. The number of likely N-dealkylation sites (tertiary alicyclic amines) is 1. The minimum absolute atomic E-state index is 0.0113. The van der Waals surface area contributed by atoms with E-state index >= 15 is 0 Å². The van der Waals surface area contributed by atoms with Gasteiger partial charge in [0.2, 0.25) is 5.91 Å². The molecule has 1 saturated heterocycles. The molecule has 21 heavy (non-hydrogen) atoms. The van der Waals surface area contributed by atoms with E-state index in [9.17, 15) is 9.59 Å². The van der Waals surface area contributed by atoms with E-state index in [2.05, 4.69) is 0 Å². The molecule has 0 aromatic heterocycles. The van der Waals surface area contributed by atoms with Crippen LogP contribution in [0.2, 0.25) is 10.0 Å². The van der Waals surface area contributed by atoms with E-state index in [1.54, 1.807) is 29.2 Å². The van der Waals surface area contributed by atoms with E-state index in [1.807, 2.05) is 0 Å². The summed E-state index contributed by atoms with van der Waals surface area (Å²) in [7, 11) is 0. The third-order valence-electron chi connectivity index (χ3n) is 3.37. The summed E-state index contributed by atoms with van der Waals surface area (Å²) < 4.78 is 0. The third kappa shape index (κ3) is 4.48. The number of aliphatic carboxylic acids is 1. The molecule has 1 heterocycles. The Morgan fingerprint density at radius 3 is 2.57 bits per heavy atom. The molecular weight excluding hydrogens is 313 g/mol. The van der Waals surface area contributed by atoms with Gasteiger partial charge in [-0.3, -0.25) is 9.59 Å². The van der Waals surface area contributed by atoms with Gasteiger partial charge in [-0.05, 0) is 42.7 Å². The molecule has 2 rings (SSSR count). The van der Waals surface area contributed by atoms with Gasteiger partial charge in [-0.25, -0.2) is 0 Å². The van der Waals surface area contributed by atoms with Gasteiger partial charge in [-0.15, -0.1) is 0 Å². The van der Waals surface area contributed by atoms with Crippen molar-refractivity contribution in [1.29, 1.82) is 0 Å². The van der Waals surface area contributed by atoms with Crippen LogP contribution < -0.4 is 0 Å². The maximum absolute atomic E-state index is 12.2. The number of hydrogen-bond acceptors (Lipinski definition) is 2. The summed E-state index contributed by atoms with van der Waals surface area (Å²) in [5, 5.41) is 9.86. The standard InChI is InChI=1S/C15H15Cl2NO3/c16-11-6-10(7-12(17)8-11)3-4-14(19)18-5-1-2-13(18)9-15(20)21/h3-4,6-8,13H,1-2,5,9H2,(H,20,21)/b4-3+. The van der Waals surface area contributed by atoms with E-state index in [4.69, 9.17) is 28.3 Å². The lowest BCUT2D eigenvalue weighted by Gasteiger charge is -2.21. The number of amides is 1. The first kappa shape index (κ1) is 15.9. The van der Waals surface area contributed by atoms with Gasteiger partial charge in [0.05, 0.1) is 6.42 Å². The van der Waals surface area contributed by atoms with Crippen molar-refractivity contribution in [2.75, 3.05) is 6.54 Å². The molecule has 0 saturated carbocycles. The van der Waals surface area contributed by atoms with Crippen LogP contribution in [-0.4, -0.2) is 34.5 Å². The fourth-order valence-corrected chi connectivity index (χ4v) is 3.02. The van der Waals surface area contributed by atoms with Crippen LogP contribution in [0.3, 0.4) is 0 Å². The molecule has 6 heteroatoms. The molecular formula is C15H15Cl2NO3. The fourth-order valence-electron chi connectivity index (χ4n) is 2.47. The number of nitrogens with zero attached hydrogens (tertiary/aromatic N) is 1. The summed E-state index contributed by atoms with van der Waals surface area (Å²) in [6.07, 6.45) is 4.62. The molecule has 0 bridgehead atoms. The number of rotatable bonds is 4. The lowest BCUT2D eigenvalue weighted by Crippen LogP contribution is -2.35. The number of hydrogen-bond donors (Lipinski definition) is 1. The highest BCUT2D eigenvalue weighted by atomic mass is 35.5. The van der Waals surface area contributed by atoms with Crippen LogP contribution in [-0.2, 0) is 9.59 Å². The first-order chi connectivity index (χ1) is 9.95. The number of halogens is 2. The summed E-state index contributed by atoms with van der Waals surface area (Å²) >= 11 is 11.8. The monoisotopic (exact) mass is 327 g/mol. The Bertz CT molecular complexity index is 566. The highest BCUT2D eigenvalue weighted by molar-refractivity contribution is 6.34. The Hall–Kier alpha value is -1.52. The Kier molecular flexibility index (Phi) is 5.26. The number of carboxylic acid groups (broad SMARTS) is 1. The Labute approximate surface area is 133 Å². The second-order valence-corrected chi connectivity index (χ2v) is 5.83. The van der Waals surface area contributed by atoms with Gasteiger partial charge >= 0.3 is 5.97 Å². The van der Waals surface area contributed by atoms with E-state index in [1.165, 1.54) is 6.08 Å². The topological polar surface area (TPSA) is 57.6 Å². The number of benzene rings is 1. The van der Waals surface area contributed by atoms with Crippen LogP contribution in [0.15, 0.2) is 24.3 Å². The maximum Gasteiger partial charge on any atom is 0.305 e. The summed E-state index contributed by atoms with van der Waals surface area (Å²) in [5.74, 6) is -1.07. The van der Waals surface area contributed by atoms with Crippen molar-refractivity contribution in [2.45, 2.75) is 25.3 Å². The highest BCUT2D eigenvalue weighted by Crippen LogP contribution is 2.22. The quantitative estimate of drug-likeness (QED) is 0.861. The molecule has 1 amide bonds. The van der Waals surface area contributed by atoms with Crippen LogP contribution in [0, 0.1) is 0 Å². The van der Waals surface area contributed by atoms with Crippen LogP contribution in [0.1, 0.15) is 24.8 Å². The summed E-state index contributed by atoms with van der Waals surface area (Å²) in [6, 6.07) is 4.81. The van der Waals surface area contributed by atoms with E-state index in [-0.39, 0.29) is 18.4 Å². The highest BCUT2D eigenvalue weighted by Gasteiger charge is 2.28. The fraction of sp³-hybridized carbons (Fsp3) is 0.333. The van der Waals surface area contributed by atoms with E-state index in [0.717, 1.165) is 18.4 Å². The Morgan fingerprint density at radius 2 is 1.95 bits per heavy atom. The van der Waals surface area contributed by atoms with Crippen molar-refractivity contribution in [3.63, 3.8) is 0 Å². The summed E-state index contributed by atoms with van der Waals surface area (Å²) in [4.78, 5) is 24.6. The summed E-state index contributed by atoms with van der Waals surface area (Å²) in [5.41, 5.74) is 0.731. The van der Waals surface area contributed by atoms with Gasteiger partial charge in [0, 0.05) is 28.7 Å². The first-order valence-corrected chi connectivity index (χ1v) is 7.38. The molecule has 1 fully saturated rings. The molecule has 4 nitrogen and oxygen atoms in total. The number of carbonyl (C=O) groups is 2. The first-order valence-electron chi connectivity index (χ1n) is 6.62. The Balaban J connectivity index is 2.06. The maximum atomic E-state index is 12.2. The Morgan fingerprint density at radius 1 is 1.29 bits per heavy atom. The molecule has 0 aliphatic carbocycles. The van der Waals surface area contributed by atoms with E-state index < -0.39 is 5.97 Å². The zero-order valence-corrected chi connectivity index (χ0v) is 12.8. The van der Waals surface area contributed by atoms with Gasteiger partial charge in [0.25, 0.3) is 0 Å². The second kappa shape index (κ2) is 6.96. The van der Waals surface area contributed by atoms with Gasteiger partial charge in [-0.1, -0.05) is 23.2 Å². The molecule has 0 spiro atoms. The van der Waals surface area contributed by atoms with Crippen molar-refractivity contribution in [3.8, 4) is 0 Å². The zero-order chi connectivity index (χ0) is 15.4. The smallest absolute Gasteiger partial charge is 0.305 e. The van der Waals surface area contributed by atoms with Gasteiger partial charge in [0.15, 0.2) is 0 Å². The third-order valence-corrected chi connectivity index (χ3v) is 3.81. The normalized spacial score (nSPS) is 18.4. The SMILES string of the molecule is O=C(O)CC1CCCN1C(=O)/C=C/c1cc(Cl)cc(Cl)c1. The molecule has 1 unspecified atom stereocenters. The number of carbonyl (C=O) groups excluding carboxylic acids is 1. The van der Waals surface area contributed by atoms with Gasteiger partial charge in [0.1, 0.15) is 0 Å². The molecule has 112 valence electrons. The van der Waals surface area contributed by atoms with Crippen LogP contribution in [0.4, 0.5) is 0 Å². The minimum Gasteiger partial charge on any atom is -0.481 e. The van der Waals surface area contributed by atoms with E-state index in [0.29, 0.717) is 16.6 Å². The van der Waals surface area contributed by atoms with Crippen LogP contribution in [0.25, 0.3) is 6.08 Å². The molecule has 0 radical (unpaired) electrons. The van der Waals surface area contributed by atoms with Crippen molar-refractivity contribution < 1.29 is 14.7 Å². The average Bonchev–Trinajstić information content (AvgIpc) is 2.82. The largest absolute Gasteiger partial charge is 0.481 e. The average molecular weight is 328 g/mol. The lowest BCUT2D eigenvalue weighted by atomic mass is 10.1. The van der Waals surface area contributed by atoms with Crippen LogP contribution >= 0.6 is 23.2 Å². The molecule has 1 N–H and O–H groups in total. The van der Waals surface area contributed by atoms with Crippen LogP contribution in [0.5, 0.6) is 0 Å². The van der Waals surface area contributed by atoms with Gasteiger partial charge < -0.3 is 10.0 Å². The van der Waals surface area contributed by atoms with Crippen molar-refractivity contribution in [2.24, 2.45) is 0 Å². The summed E-state index contributed by atoms with van der Waals surface area (Å²) in [6.45, 7) is 0.595. The van der Waals surface area contributed by atoms with Crippen molar-refractivity contribution >= 4 is 41.2 Å². The van der Waals surface area contributed by atoms with Crippen molar-refractivity contribution in [3.05, 3.63) is 39.9 Å². The van der Waals surface area contributed by atoms with Gasteiger partial charge in [-0.2, -0.15) is 0 Å².